The quantitative estimate of drug-likeness (QED) is 0.512. The van der Waals surface area contributed by atoms with E-state index in [1.165, 1.54) is 0 Å². The summed E-state index contributed by atoms with van der Waals surface area (Å²) in [6, 6.07) is -0.0536. The zero-order valence-electron chi connectivity index (χ0n) is 16.4. The molecule has 2 aliphatic heterocycles. The van der Waals surface area contributed by atoms with Gasteiger partial charge in [0.25, 0.3) is 0 Å². The molecule has 2 heterocycles. The van der Waals surface area contributed by atoms with Crippen LogP contribution in [-0.2, 0) is 9.53 Å². The lowest BCUT2D eigenvalue weighted by atomic mass is 9.82. The molecule has 148 valence electrons. The molecule has 0 bridgehead atoms. The zero-order chi connectivity index (χ0) is 19.3. The van der Waals surface area contributed by atoms with Crippen LogP contribution in [0.5, 0.6) is 0 Å². The third-order valence-corrected chi connectivity index (χ3v) is 5.48. The summed E-state index contributed by atoms with van der Waals surface area (Å²) in [5, 5.41) is 0. The Labute approximate surface area is 162 Å². The molecule has 5 nitrogen and oxygen atoms in total. The highest BCUT2D eigenvalue weighted by molar-refractivity contribution is 6.18. The summed E-state index contributed by atoms with van der Waals surface area (Å²) in [5.41, 5.74) is -0.533. The molecule has 0 saturated carbocycles. The molecule has 0 aromatic rings. The van der Waals surface area contributed by atoms with Crippen LogP contribution in [0.1, 0.15) is 52.9 Å². The van der Waals surface area contributed by atoms with E-state index in [1.54, 1.807) is 4.90 Å². The first-order valence-electron chi connectivity index (χ1n) is 9.75. The number of nitrogens with zero attached hydrogens (tertiary/aromatic N) is 2. The second kappa shape index (κ2) is 9.12. The van der Waals surface area contributed by atoms with Crippen LogP contribution >= 0.6 is 11.6 Å². The van der Waals surface area contributed by atoms with Crippen LogP contribution in [0.15, 0.2) is 12.7 Å². The molecule has 0 aliphatic carbocycles. The van der Waals surface area contributed by atoms with E-state index in [1.807, 2.05) is 31.7 Å². The fourth-order valence-electron chi connectivity index (χ4n) is 4.10. The molecular weight excluding hydrogens is 352 g/mol. The minimum atomic E-state index is -0.533. The summed E-state index contributed by atoms with van der Waals surface area (Å²) in [6.07, 6.45) is 6.05. The summed E-state index contributed by atoms with van der Waals surface area (Å²) < 4.78 is 5.58. The standard InChI is InChI=1S/C20H33ClN2O3/c1-5-15(16(10-11-21)18(24)22-12-6-7-13-22)17-9-8-14-23(17)19(25)26-20(2,3)4/h5,15-17H,1,6-14H2,2-4H3/t15-,16+,17-/m0/s1. The van der Waals surface area contributed by atoms with E-state index in [0.29, 0.717) is 18.8 Å². The summed E-state index contributed by atoms with van der Waals surface area (Å²) in [4.78, 5) is 29.5. The molecule has 0 aromatic heterocycles. The van der Waals surface area contributed by atoms with E-state index in [0.717, 1.165) is 38.8 Å². The second-order valence-electron chi connectivity index (χ2n) is 8.31. The highest BCUT2D eigenvalue weighted by atomic mass is 35.5. The molecule has 0 spiro atoms. The third-order valence-electron chi connectivity index (χ3n) is 5.26. The number of carbonyl (C=O) groups is 2. The molecule has 2 saturated heterocycles. The second-order valence-corrected chi connectivity index (χ2v) is 8.69. The Morgan fingerprint density at radius 3 is 2.42 bits per heavy atom. The molecule has 3 atom stereocenters. The number of carbonyl (C=O) groups excluding carboxylic acids is 2. The monoisotopic (exact) mass is 384 g/mol. The first kappa shape index (κ1) is 21.1. The van der Waals surface area contributed by atoms with Gasteiger partial charge in [0.1, 0.15) is 5.60 Å². The number of hydrogen-bond donors (Lipinski definition) is 0. The van der Waals surface area contributed by atoms with E-state index in [4.69, 9.17) is 16.3 Å². The summed E-state index contributed by atoms with van der Waals surface area (Å²) in [5.74, 6) is 0.255. The molecule has 2 rings (SSSR count). The van der Waals surface area contributed by atoms with Gasteiger partial charge < -0.3 is 14.5 Å². The number of halogens is 1. The maximum absolute atomic E-state index is 13.1. The van der Waals surface area contributed by atoms with Crippen molar-refractivity contribution in [1.29, 1.82) is 0 Å². The van der Waals surface area contributed by atoms with Crippen molar-refractivity contribution in [2.24, 2.45) is 11.8 Å². The molecule has 2 aliphatic rings. The van der Waals surface area contributed by atoms with Gasteiger partial charge in [0.2, 0.25) is 5.91 Å². The molecule has 0 N–H and O–H groups in total. The molecular formula is C20H33ClN2O3. The fraction of sp³-hybridized carbons (Fsp3) is 0.800. The molecule has 26 heavy (non-hydrogen) atoms. The van der Waals surface area contributed by atoms with Crippen LogP contribution in [0.3, 0.4) is 0 Å². The van der Waals surface area contributed by atoms with Gasteiger partial charge >= 0.3 is 6.09 Å². The summed E-state index contributed by atoms with van der Waals surface area (Å²) >= 11 is 6.03. The minimum Gasteiger partial charge on any atom is -0.444 e. The van der Waals surface area contributed by atoms with Crippen LogP contribution < -0.4 is 0 Å². The Hall–Kier alpha value is -1.23. The van der Waals surface area contributed by atoms with Gasteiger partial charge in [0.05, 0.1) is 0 Å². The third kappa shape index (κ3) is 5.15. The molecule has 2 fully saturated rings. The maximum Gasteiger partial charge on any atom is 0.410 e. The Morgan fingerprint density at radius 2 is 1.88 bits per heavy atom. The van der Waals surface area contributed by atoms with Crippen molar-refractivity contribution in [3.63, 3.8) is 0 Å². The molecule has 0 unspecified atom stereocenters. The Bertz CT molecular complexity index is 512. The van der Waals surface area contributed by atoms with Gasteiger partial charge in [0.15, 0.2) is 0 Å². The highest BCUT2D eigenvalue weighted by Crippen LogP contribution is 2.34. The smallest absolute Gasteiger partial charge is 0.410 e. The minimum absolute atomic E-state index is 0.0536. The van der Waals surface area contributed by atoms with Crippen LogP contribution in [0.2, 0.25) is 0 Å². The fourth-order valence-corrected chi connectivity index (χ4v) is 4.33. The number of hydrogen-bond acceptors (Lipinski definition) is 3. The predicted octanol–water partition coefficient (Wildman–Crippen LogP) is 4.06. The molecule has 6 heteroatoms. The lowest BCUT2D eigenvalue weighted by molar-refractivity contribution is -0.136. The van der Waals surface area contributed by atoms with Gasteiger partial charge in [-0.3, -0.25) is 4.79 Å². The van der Waals surface area contributed by atoms with Gasteiger partial charge in [-0.2, -0.15) is 0 Å². The average molecular weight is 385 g/mol. The summed E-state index contributed by atoms with van der Waals surface area (Å²) in [6.45, 7) is 11.9. The highest BCUT2D eigenvalue weighted by Gasteiger charge is 2.42. The van der Waals surface area contributed by atoms with Gasteiger partial charge in [-0.05, 0) is 52.9 Å². The van der Waals surface area contributed by atoms with Crippen molar-refractivity contribution in [2.45, 2.75) is 64.5 Å². The number of ether oxygens (including phenoxy) is 1. The first-order valence-corrected chi connectivity index (χ1v) is 10.3. The van der Waals surface area contributed by atoms with Crippen molar-refractivity contribution in [3.8, 4) is 0 Å². The summed E-state index contributed by atoms with van der Waals surface area (Å²) in [7, 11) is 0. The average Bonchev–Trinajstić information content (AvgIpc) is 3.24. The van der Waals surface area contributed by atoms with E-state index in [-0.39, 0.29) is 29.9 Å². The number of likely N-dealkylation sites (tertiary alicyclic amines) is 2. The van der Waals surface area contributed by atoms with E-state index < -0.39 is 5.60 Å². The molecule has 2 amide bonds. The van der Waals surface area contributed by atoms with Crippen molar-refractivity contribution < 1.29 is 14.3 Å². The SMILES string of the molecule is C=C[C@@H]([C@@H](CCCl)C(=O)N1CCCC1)[C@@H]1CCCN1C(=O)OC(C)(C)C. The molecule has 0 radical (unpaired) electrons. The van der Waals surface area contributed by atoms with Crippen LogP contribution in [0, 0.1) is 11.8 Å². The molecule has 0 aromatic carbocycles. The van der Waals surface area contributed by atoms with E-state index >= 15 is 0 Å². The predicted molar refractivity (Wildman–Crippen MR) is 104 cm³/mol. The van der Waals surface area contributed by atoms with Crippen molar-refractivity contribution in [3.05, 3.63) is 12.7 Å². The Kier molecular flexibility index (Phi) is 7.39. The van der Waals surface area contributed by atoms with Gasteiger partial charge in [-0.1, -0.05) is 6.08 Å². The van der Waals surface area contributed by atoms with E-state index in [9.17, 15) is 9.59 Å². The van der Waals surface area contributed by atoms with Gasteiger partial charge in [-0.15, -0.1) is 18.2 Å². The van der Waals surface area contributed by atoms with Gasteiger partial charge in [0, 0.05) is 43.4 Å². The van der Waals surface area contributed by atoms with E-state index in [2.05, 4.69) is 6.58 Å². The number of amides is 2. The maximum atomic E-state index is 13.1. The Morgan fingerprint density at radius 1 is 1.23 bits per heavy atom. The first-order chi connectivity index (χ1) is 12.3. The normalized spacial score (nSPS) is 23.0. The largest absolute Gasteiger partial charge is 0.444 e. The zero-order valence-corrected chi connectivity index (χ0v) is 17.1. The number of rotatable bonds is 6. The van der Waals surface area contributed by atoms with Crippen LogP contribution in [-0.4, -0.2) is 59.0 Å². The Balaban J connectivity index is 2.17. The van der Waals surface area contributed by atoms with Crippen molar-refractivity contribution in [1.82, 2.24) is 9.80 Å². The topological polar surface area (TPSA) is 49.9 Å². The van der Waals surface area contributed by atoms with Crippen LogP contribution in [0.25, 0.3) is 0 Å². The van der Waals surface area contributed by atoms with Crippen molar-refractivity contribution >= 4 is 23.6 Å². The van der Waals surface area contributed by atoms with Gasteiger partial charge in [-0.25, -0.2) is 4.79 Å². The lowest BCUT2D eigenvalue weighted by Crippen LogP contribution is -2.47. The van der Waals surface area contributed by atoms with Crippen molar-refractivity contribution in [2.75, 3.05) is 25.5 Å². The number of alkyl halides is 1. The lowest BCUT2D eigenvalue weighted by Gasteiger charge is -2.36. The van der Waals surface area contributed by atoms with Crippen LogP contribution in [0.4, 0.5) is 4.79 Å².